The average molecular weight is 339 g/mol. The summed E-state index contributed by atoms with van der Waals surface area (Å²) in [6, 6.07) is 5.92. The number of thiophene rings is 1. The third-order valence-electron chi connectivity index (χ3n) is 2.86. The van der Waals surface area contributed by atoms with Crippen LogP contribution < -0.4 is 10.6 Å². The Morgan fingerprint density at radius 3 is 3.09 bits per heavy atom. The molecule has 2 heterocycles. The molecule has 2 rings (SSSR count). The lowest BCUT2D eigenvalue weighted by Gasteiger charge is -2.05. The van der Waals surface area contributed by atoms with Crippen LogP contribution in [0.3, 0.4) is 0 Å². The Labute approximate surface area is 138 Å². The average Bonchev–Trinajstić information content (AvgIpc) is 3.18. The van der Waals surface area contributed by atoms with Crippen LogP contribution in [-0.2, 0) is 10.5 Å². The maximum atomic E-state index is 11.7. The van der Waals surface area contributed by atoms with Gasteiger partial charge in [0, 0.05) is 24.9 Å². The van der Waals surface area contributed by atoms with Crippen LogP contribution in [0, 0.1) is 0 Å². The molecule has 0 radical (unpaired) electrons. The quantitative estimate of drug-likeness (QED) is 0.652. The summed E-state index contributed by atoms with van der Waals surface area (Å²) in [6.45, 7) is 4.60. The molecule has 22 heavy (non-hydrogen) atoms. The van der Waals surface area contributed by atoms with E-state index in [1.807, 2.05) is 23.6 Å². The molecule has 2 aromatic heterocycles. The van der Waals surface area contributed by atoms with E-state index >= 15 is 0 Å². The topological polar surface area (TPSA) is 67.2 Å². The third kappa shape index (κ3) is 5.82. The number of aromatic nitrogens is 1. The first kappa shape index (κ1) is 17.1. The molecule has 0 aliphatic rings. The highest BCUT2D eigenvalue weighted by Gasteiger charge is 2.08. The summed E-state index contributed by atoms with van der Waals surface area (Å²) >= 11 is 3.16. The number of rotatable bonds is 10. The largest absolute Gasteiger partial charge is 0.355 e. The van der Waals surface area contributed by atoms with Crippen LogP contribution in [0.4, 0.5) is 0 Å². The van der Waals surface area contributed by atoms with Crippen molar-refractivity contribution in [3.05, 3.63) is 29.3 Å². The second-order valence-corrected chi connectivity index (χ2v) is 6.69. The Bertz CT molecular complexity index is 555. The third-order valence-corrected chi connectivity index (χ3v) is 4.71. The molecule has 2 aromatic rings. The Hall–Kier alpha value is -1.31. The standard InChI is InChI=1S/C15H21N3O2S2/c1-2-5-16-6-7-17-15(19)11-21-10-12-9-13(20-18-12)14-4-3-8-22-14/h3-4,8-9,16H,2,5-7,10-11H2,1H3,(H,17,19). The van der Waals surface area contributed by atoms with Gasteiger partial charge in [-0.15, -0.1) is 23.1 Å². The summed E-state index contributed by atoms with van der Waals surface area (Å²) in [5.41, 5.74) is 0.866. The molecule has 0 saturated carbocycles. The van der Waals surface area contributed by atoms with E-state index in [2.05, 4.69) is 22.7 Å². The summed E-state index contributed by atoms with van der Waals surface area (Å²) in [5, 5.41) is 12.2. The number of carbonyl (C=O) groups is 1. The predicted molar refractivity (Wildman–Crippen MR) is 92.1 cm³/mol. The fraction of sp³-hybridized carbons (Fsp3) is 0.467. The first-order valence-corrected chi connectivity index (χ1v) is 9.37. The summed E-state index contributed by atoms with van der Waals surface area (Å²) in [5.74, 6) is 1.97. The molecule has 0 unspecified atom stereocenters. The highest BCUT2D eigenvalue weighted by Crippen LogP contribution is 2.26. The van der Waals surface area contributed by atoms with Gasteiger partial charge >= 0.3 is 0 Å². The fourth-order valence-corrected chi connectivity index (χ4v) is 3.21. The Kier molecular flexibility index (Phi) is 7.48. The molecule has 1 amide bonds. The zero-order valence-electron chi connectivity index (χ0n) is 12.6. The summed E-state index contributed by atoms with van der Waals surface area (Å²) in [6.07, 6.45) is 1.11. The van der Waals surface area contributed by atoms with Gasteiger partial charge in [-0.2, -0.15) is 0 Å². The first-order chi connectivity index (χ1) is 10.8. The zero-order chi connectivity index (χ0) is 15.6. The number of thioether (sulfide) groups is 1. The van der Waals surface area contributed by atoms with Gasteiger partial charge in [0.15, 0.2) is 5.76 Å². The van der Waals surface area contributed by atoms with Gasteiger partial charge in [0.2, 0.25) is 5.91 Å². The van der Waals surface area contributed by atoms with Crippen molar-refractivity contribution in [1.29, 1.82) is 0 Å². The van der Waals surface area contributed by atoms with Crippen LogP contribution in [0.2, 0.25) is 0 Å². The minimum absolute atomic E-state index is 0.0604. The van der Waals surface area contributed by atoms with Crippen molar-refractivity contribution in [2.24, 2.45) is 0 Å². The van der Waals surface area contributed by atoms with Gasteiger partial charge in [0.05, 0.1) is 16.3 Å². The molecule has 2 N–H and O–H groups in total. The van der Waals surface area contributed by atoms with Crippen molar-refractivity contribution in [2.45, 2.75) is 19.1 Å². The van der Waals surface area contributed by atoms with E-state index in [1.165, 1.54) is 0 Å². The molecule has 0 aromatic carbocycles. The first-order valence-electron chi connectivity index (χ1n) is 7.34. The molecular formula is C15H21N3O2S2. The Morgan fingerprint density at radius 1 is 1.41 bits per heavy atom. The van der Waals surface area contributed by atoms with Crippen LogP contribution >= 0.6 is 23.1 Å². The molecule has 0 aliphatic heterocycles. The molecule has 0 fully saturated rings. The van der Waals surface area contributed by atoms with Crippen LogP contribution in [0.25, 0.3) is 10.6 Å². The number of amides is 1. The van der Waals surface area contributed by atoms with Crippen molar-refractivity contribution >= 4 is 29.0 Å². The van der Waals surface area contributed by atoms with E-state index in [0.29, 0.717) is 18.1 Å². The van der Waals surface area contributed by atoms with Crippen LogP contribution in [-0.4, -0.2) is 36.5 Å². The number of carbonyl (C=O) groups excluding carboxylic acids is 1. The molecule has 0 spiro atoms. The number of hydrogen-bond acceptors (Lipinski definition) is 6. The van der Waals surface area contributed by atoms with Gasteiger partial charge in [-0.05, 0) is 24.4 Å². The minimum atomic E-state index is 0.0604. The smallest absolute Gasteiger partial charge is 0.230 e. The van der Waals surface area contributed by atoms with Crippen LogP contribution in [0.15, 0.2) is 28.1 Å². The minimum Gasteiger partial charge on any atom is -0.355 e. The van der Waals surface area contributed by atoms with E-state index in [4.69, 9.17) is 4.52 Å². The van der Waals surface area contributed by atoms with Gasteiger partial charge in [-0.1, -0.05) is 18.1 Å². The predicted octanol–water partition coefficient (Wildman–Crippen LogP) is 2.75. The molecule has 0 aliphatic carbocycles. The second-order valence-electron chi connectivity index (χ2n) is 4.75. The molecule has 0 atom stereocenters. The second kappa shape index (κ2) is 9.66. The van der Waals surface area contributed by atoms with Crippen molar-refractivity contribution < 1.29 is 9.32 Å². The van der Waals surface area contributed by atoms with Crippen molar-refractivity contribution in [1.82, 2.24) is 15.8 Å². The van der Waals surface area contributed by atoms with Crippen molar-refractivity contribution in [3.8, 4) is 10.6 Å². The molecule has 120 valence electrons. The maximum Gasteiger partial charge on any atom is 0.230 e. The lowest BCUT2D eigenvalue weighted by atomic mass is 10.3. The SMILES string of the molecule is CCCNCCNC(=O)CSCc1cc(-c2cccs2)on1. The van der Waals surface area contributed by atoms with E-state index in [1.54, 1.807) is 23.1 Å². The zero-order valence-corrected chi connectivity index (χ0v) is 14.3. The highest BCUT2D eigenvalue weighted by atomic mass is 32.2. The molecular weight excluding hydrogens is 318 g/mol. The Morgan fingerprint density at radius 2 is 2.32 bits per heavy atom. The lowest BCUT2D eigenvalue weighted by molar-refractivity contribution is -0.118. The number of nitrogens with one attached hydrogen (secondary N) is 2. The summed E-state index contributed by atoms with van der Waals surface area (Å²) in [7, 11) is 0. The van der Waals surface area contributed by atoms with Crippen molar-refractivity contribution in [2.75, 3.05) is 25.4 Å². The number of hydrogen-bond donors (Lipinski definition) is 2. The number of nitrogens with zero attached hydrogens (tertiary/aromatic N) is 1. The van der Waals surface area contributed by atoms with Crippen molar-refractivity contribution in [3.63, 3.8) is 0 Å². The molecule has 5 nitrogen and oxygen atoms in total. The van der Waals surface area contributed by atoms with Crippen LogP contribution in [0.5, 0.6) is 0 Å². The summed E-state index contributed by atoms with van der Waals surface area (Å²) < 4.78 is 5.31. The molecule has 0 saturated heterocycles. The van der Waals surface area contributed by atoms with Gasteiger partial charge < -0.3 is 15.2 Å². The molecule has 7 heteroatoms. The van der Waals surface area contributed by atoms with Gasteiger partial charge in [-0.3, -0.25) is 4.79 Å². The van der Waals surface area contributed by atoms with E-state index in [0.717, 1.165) is 35.8 Å². The van der Waals surface area contributed by atoms with Gasteiger partial charge in [0.25, 0.3) is 0 Å². The summed E-state index contributed by atoms with van der Waals surface area (Å²) in [4.78, 5) is 12.7. The van der Waals surface area contributed by atoms with E-state index < -0.39 is 0 Å². The van der Waals surface area contributed by atoms with E-state index in [9.17, 15) is 4.79 Å². The van der Waals surface area contributed by atoms with Crippen LogP contribution in [0.1, 0.15) is 19.0 Å². The van der Waals surface area contributed by atoms with Gasteiger partial charge in [-0.25, -0.2) is 0 Å². The normalized spacial score (nSPS) is 10.8. The van der Waals surface area contributed by atoms with E-state index in [-0.39, 0.29) is 5.91 Å². The van der Waals surface area contributed by atoms with Gasteiger partial charge in [0.1, 0.15) is 0 Å². The maximum absolute atomic E-state index is 11.7. The highest BCUT2D eigenvalue weighted by molar-refractivity contribution is 7.99. The Balaban J connectivity index is 1.61. The monoisotopic (exact) mass is 339 g/mol. The fourth-order valence-electron chi connectivity index (χ4n) is 1.81. The molecule has 0 bridgehead atoms. The lowest BCUT2D eigenvalue weighted by Crippen LogP contribution is -2.33.